The minimum atomic E-state index is -1.45. The summed E-state index contributed by atoms with van der Waals surface area (Å²) >= 11 is 6.58. The molecule has 2 aromatic rings. The molecule has 0 amide bonds. The van der Waals surface area contributed by atoms with Crippen molar-refractivity contribution in [3.05, 3.63) is 38.9 Å². The molecule has 3 aliphatic rings. The minimum absolute atomic E-state index is 0.0215. The fourth-order valence-electron chi connectivity index (χ4n) is 4.35. The van der Waals surface area contributed by atoms with Gasteiger partial charge in [-0.25, -0.2) is 13.6 Å². The van der Waals surface area contributed by atoms with Gasteiger partial charge in [0.15, 0.2) is 0 Å². The molecule has 0 radical (unpaired) electrons. The Labute approximate surface area is 168 Å². The van der Waals surface area contributed by atoms with Crippen LogP contribution in [0.2, 0.25) is 5.02 Å². The molecule has 1 saturated carbocycles. The van der Waals surface area contributed by atoms with Crippen LogP contribution in [0.3, 0.4) is 0 Å². The number of pyridine rings is 1. The number of rotatable bonds is 3. The van der Waals surface area contributed by atoms with Crippen LogP contribution in [0.5, 0.6) is 0 Å². The number of ether oxygens (including phenoxy) is 1. The van der Waals surface area contributed by atoms with Gasteiger partial charge in [-0.2, -0.15) is 0 Å². The van der Waals surface area contributed by atoms with Gasteiger partial charge in [0.2, 0.25) is 5.43 Å². The molecule has 1 aromatic carbocycles. The van der Waals surface area contributed by atoms with Crippen molar-refractivity contribution in [1.29, 1.82) is 0 Å². The first-order valence-electron chi connectivity index (χ1n) is 9.41. The molecule has 0 bridgehead atoms. The lowest BCUT2D eigenvalue weighted by Crippen LogP contribution is -2.47. The Morgan fingerprint density at radius 1 is 1.38 bits per heavy atom. The third-order valence-electron chi connectivity index (χ3n) is 5.88. The Morgan fingerprint density at radius 2 is 2.14 bits per heavy atom. The summed E-state index contributed by atoms with van der Waals surface area (Å²) in [6.45, 7) is 2.17. The van der Waals surface area contributed by atoms with Crippen LogP contribution in [0.4, 0.5) is 14.5 Å². The Bertz CT molecular complexity index is 1080. The van der Waals surface area contributed by atoms with Crippen LogP contribution in [0.1, 0.15) is 22.8 Å². The summed E-state index contributed by atoms with van der Waals surface area (Å²) in [7, 11) is 0. The maximum absolute atomic E-state index is 15.1. The molecular weight excluding hydrogens is 408 g/mol. The second-order valence-electron chi connectivity index (χ2n) is 7.70. The third-order valence-corrected chi connectivity index (χ3v) is 6.23. The van der Waals surface area contributed by atoms with Crippen molar-refractivity contribution in [2.75, 3.05) is 31.1 Å². The van der Waals surface area contributed by atoms with Crippen LogP contribution in [-0.2, 0) is 4.74 Å². The number of nitrogens with zero attached hydrogens (tertiary/aromatic N) is 2. The summed E-state index contributed by atoms with van der Waals surface area (Å²) in [6.07, 6.45) is 0.0228. The van der Waals surface area contributed by atoms with E-state index in [4.69, 9.17) is 16.3 Å². The van der Waals surface area contributed by atoms with E-state index < -0.39 is 35.0 Å². The molecule has 0 unspecified atom stereocenters. The van der Waals surface area contributed by atoms with Crippen LogP contribution >= 0.6 is 11.6 Å². The number of fused-ring (bicyclic) bond motifs is 2. The molecule has 7 nitrogen and oxygen atoms in total. The van der Waals surface area contributed by atoms with Crippen molar-refractivity contribution in [2.24, 2.45) is 0 Å². The van der Waals surface area contributed by atoms with Gasteiger partial charge < -0.3 is 24.6 Å². The van der Waals surface area contributed by atoms with Gasteiger partial charge in [-0.15, -0.1) is 0 Å². The zero-order valence-corrected chi connectivity index (χ0v) is 16.0. The number of hydrogen-bond acceptors (Lipinski definition) is 5. The number of carboxylic acid groups (broad SMARTS) is 1. The Balaban J connectivity index is 1.70. The molecule has 1 aliphatic carbocycles. The maximum Gasteiger partial charge on any atom is 0.341 e. The van der Waals surface area contributed by atoms with Gasteiger partial charge in [-0.05, 0) is 6.07 Å². The van der Waals surface area contributed by atoms with Crippen molar-refractivity contribution in [3.63, 3.8) is 0 Å². The topological polar surface area (TPSA) is 83.8 Å². The van der Waals surface area contributed by atoms with Gasteiger partial charge in [0.1, 0.15) is 17.6 Å². The summed E-state index contributed by atoms with van der Waals surface area (Å²) in [4.78, 5) is 25.9. The Hall–Kier alpha value is -2.23. The molecule has 0 spiro atoms. The molecule has 2 saturated heterocycles. The third kappa shape index (κ3) is 2.91. The number of morpholine rings is 1. The van der Waals surface area contributed by atoms with E-state index in [1.54, 1.807) is 4.90 Å². The fourth-order valence-corrected chi connectivity index (χ4v) is 4.76. The van der Waals surface area contributed by atoms with Crippen LogP contribution in [0.15, 0.2) is 17.1 Å². The van der Waals surface area contributed by atoms with Gasteiger partial charge in [0.25, 0.3) is 0 Å². The second kappa shape index (κ2) is 6.65. The number of carbonyl (C=O) groups is 1. The van der Waals surface area contributed by atoms with Crippen molar-refractivity contribution in [1.82, 2.24) is 9.88 Å². The first-order valence-corrected chi connectivity index (χ1v) is 9.78. The number of alkyl halides is 1. The van der Waals surface area contributed by atoms with Crippen LogP contribution in [0.25, 0.3) is 10.9 Å². The smallest absolute Gasteiger partial charge is 0.341 e. The van der Waals surface area contributed by atoms with Crippen LogP contribution in [-0.4, -0.2) is 60.2 Å². The quantitative estimate of drug-likeness (QED) is 0.782. The predicted octanol–water partition coefficient (Wildman–Crippen LogP) is 1.95. The van der Waals surface area contributed by atoms with E-state index in [-0.39, 0.29) is 40.2 Å². The number of nitrogens with one attached hydrogen (secondary N) is 1. The summed E-state index contributed by atoms with van der Waals surface area (Å²) in [5, 5.41) is 12.5. The zero-order valence-electron chi connectivity index (χ0n) is 15.2. The number of hydrogen-bond donors (Lipinski definition) is 2. The molecule has 2 aliphatic heterocycles. The number of halogens is 3. The fraction of sp³-hybridized carbons (Fsp3) is 0.474. The largest absolute Gasteiger partial charge is 0.477 e. The van der Waals surface area contributed by atoms with E-state index in [2.05, 4.69) is 5.32 Å². The lowest BCUT2D eigenvalue weighted by Gasteiger charge is -2.25. The van der Waals surface area contributed by atoms with Gasteiger partial charge in [-0.3, -0.25) is 4.79 Å². The van der Waals surface area contributed by atoms with Crippen molar-refractivity contribution in [3.8, 4) is 0 Å². The molecule has 3 fully saturated rings. The first kappa shape index (κ1) is 18.8. The van der Waals surface area contributed by atoms with Crippen molar-refractivity contribution < 1.29 is 23.4 Å². The molecule has 10 heteroatoms. The van der Waals surface area contributed by atoms with Gasteiger partial charge in [-0.1, -0.05) is 11.6 Å². The van der Waals surface area contributed by atoms with Gasteiger partial charge in [0.05, 0.1) is 46.4 Å². The molecule has 5 rings (SSSR count). The van der Waals surface area contributed by atoms with Gasteiger partial charge in [0, 0.05) is 32.3 Å². The van der Waals surface area contributed by atoms with Crippen molar-refractivity contribution in [2.45, 2.75) is 30.8 Å². The molecule has 29 heavy (non-hydrogen) atoms. The normalized spacial score (nSPS) is 28.6. The Morgan fingerprint density at radius 3 is 2.79 bits per heavy atom. The summed E-state index contributed by atoms with van der Waals surface area (Å²) in [5.74, 6) is -2.17. The summed E-state index contributed by atoms with van der Waals surface area (Å²) < 4.78 is 36.0. The Kier molecular flexibility index (Phi) is 4.30. The summed E-state index contributed by atoms with van der Waals surface area (Å²) in [5.41, 5.74) is -1.10. The van der Waals surface area contributed by atoms with Crippen LogP contribution in [0, 0.1) is 5.82 Å². The standard InChI is InChI=1S/C19H18ClF2N3O4/c20-15-16-8(18(26)9(19(27)28)5-25(16)13-4-10(13)21)3-11(22)17(15)24-6-12-14(7-24)29-2-1-23-12/h3,5,10,12-14,23H,1-2,4,6-7H2,(H,27,28)/t10-,12+,13+,14+/m0/s1. The van der Waals surface area contributed by atoms with Crippen molar-refractivity contribution >= 4 is 34.2 Å². The highest BCUT2D eigenvalue weighted by Gasteiger charge is 2.42. The predicted molar refractivity (Wildman–Crippen MR) is 102 cm³/mol. The SMILES string of the molecule is O=C(O)c1cn([C@@H]2C[C@@H]2F)c2c(Cl)c(N3C[C@H]4NCCO[C@@H]4C3)c(F)cc2c1=O. The lowest BCUT2D eigenvalue weighted by molar-refractivity contribution is 0.0212. The number of anilines is 1. The monoisotopic (exact) mass is 425 g/mol. The second-order valence-corrected chi connectivity index (χ2v) is 8.07. The van der Waals surface area contributed by atoms with E-state index in [1.807, 2.05) is 0 Å². The lowest BCUT2D eigenvalue weighted by atomic mass is 10.1. The zero-order chi connectivity index (χ0) is 20.4. The highest BCUT2D eigenvalue weighted by Crippen LogP contribution is 2.44. The average Bonchev–Trinajstić information content (AvgIpc) is 3.24. The molecule has 3 heterocycles. The van der Waals surface area contributed by atoms with E-state index >= 15 is 4.39 Å². The highest BCUT2D eigenvalue weighted by molar-refractivity contribution is 6.38. The molecule has 1 aromatic heterocycles. The highest BCUT2D eigenvalue weighted by atomic mass is 35.5. The average molecular weight is 426 g/mol. The van der Waals surface area contributed by atoms with E-state index in [0.717, 1.165) is 12.3 Å². The number of aromatic nitrogens is 1. The van der Waals surface area contributed by atoms with Gasteiger partial charge >= 0.3 is 5.97 Å². The maximum atomic E-state index is 15.1. The van der Waals surface area contributed by atoms with Crippen LogP contribution < -0.4 is 15.6 Å². The van der Waals surface area contributed by atoms with E-state index in [1.165, 1.54) is 4.57 Å². The molecular formula is C19H18ClF2N3O4. The molecule has 2 N–H and O–H groups in total. The first-order chi connectivity index (χ1) is 13.9. The molecule has 154 valence electrons. The number of benzene rings is 1. The molecule has 4 atom stereocenters. The number of carboxylic acids is 1. The van der Waals surface area contributed by atoms with E-state index in [0.29, 0.717) is 26.2 Å². The minimum Gasteiger partial charge on any atom is -0.477 e. The van der Waals surface area contributed by atoms with E-state index in [9.17, 15) is 19.1 Å². The summed E-state index contributed by atoms with van der Waals surface area (Å²) in [6, 6.07) is 0.413. The number of aromatic carboxylic acids is 1.